The number of amides is 1. The van der Waals surface area contributed by atoms with E-state index in [1.165, 1.54) is 0 Å². The molecule has 0 bridgehead atoms. The van der Waals surface area contributed by atoms with E-state index in [2.05, 4.69) is 15.6 Å². The van der Waals surface area contributed by atoms with Crippen LogP contribution < -0.4 is 10.6 Å². The Hall–Kier alpha value is -2.09. The third kappa shape index (κ3) is 4.55. The highest BCUT2D eigenvalue weighted by Gasteiger charge is 2.40. The van der Waals surface area contributed by atoms with E-state index in [1.807, 2.05) is 24.0 Å². The average molecular weight is 381 g/mol. The van der Waals surface area contributed by atoms with Crippen LogP contribution in [0.4, 0.5) is 0 Å². The van der Waals surface area contributed by atoms with Gasteiger partial charge in [0.2, 0.25) is 0 Å². The molecule has 2 N–H and O–H groups in total. The summed E-state index contributed by atoms with van der Waals surface area (Å²) in [6, 6.07) is 7.30. The van der Waals surface area contributed by atoms with Gasteiger partial charge in [-0.1, -0.05) is 12.1 Å². The second-order valence-electron chi connectivity index (χ2n) is 6.95. The number of hydrogen-bond acceptors (Lipinski definition) is 4. The maximum atomic E-state index is 12.2. The van der Waals surface area contributed by atoms with Crippen LogP contribution in [0.15, 0.2) is 29.3 Å². The molecule has 1 aliphatic rings. The number of guanidine groups is 1. The van der Waals surface area contributed by atoms with Gasteiger partial charge in [-0.3, -0.25) is 4.79 Å². The minimum atomic E-state index is -3.09. The third-order valence-corrected chi connectivity index (χ3v) is 7.07. The molecule has 1 aliphatic heterocycles. The van der Waals surface area contributed by atoms with Crippen molar-refractivity contribution in [2.24, 2.45) is 4.99 Å². The van der Waals surface area contributed by atoms with Crippen molar-refractivity contribution in [2.75, 3.05) is 32.4 Å². The van der Waals surface area contributed by atoms with E-state index in [4.69, 9.17) is 0 Å². The molecule has 0 radical (unpaired) electrons. The second-order valence-corrected chi connectivity index (χ2v) is 9.69. The van der Waals surface area contributed by atoms with Gasteiger partial charge in [0.1, 0.15) is 0 Å². The Bertz CT molecular complexity index is 770. The molecule has 8 heteroatoms. The highest BCUT2D eigenvalue weighted by Crippen LogP contribution is 2.23. The molecular weight excluding hydrogens is 352 g/mol. The summed E-state index contributed by atoms with van der Waals surface area (Å²) in [7, 11) is -1.49. The van der Waals surface area contributed by atoms with E-state index in [9.17, 15) is 13.2 Å². The summed E-state index contributed by atoms with van der Waals surface area (Å²) in [6.07, 6.45) is 0. The predicted octanol–water partition coefficient (Wildman–Crippen LogP) is 1.02. The van der Waals surface area contributed by atoms with E-state index in [0.717, 1.165) is 5.56 Å². The zero-order chi connectivity index (χ0) is 19.4. The van der Waals surface area contributed by atoms with Gasteiger partial charge >= 0.3 is 0 Å². The molecule has 0 spiro atoms. The molecule has 0 unspecified atom stereocenters. The van der Waals surface area contributed by atoms with E-state index in [-0.39, 0.29) is 11.7 Å². The number of sulfone groups is 1. The minimum absolute atomic E-state index is 0.120. The number of benzene rings is 1. The highest BCUT2D eigenvalue weighted by atomic mass is 32.2. The van der Waals surface area contributed by atoms with E-state index in [1.54, 1.807) is 33.0 Å². The van der Waals surface area contributed by atoms with Crippen LogP contribution in [-0.2, 0) is 16.4 Å². The summed E-state index contributed by atoms with van der Waals surface area (Å²) in [5.41, 5.74) is 1.59. The van der Waals surface area contributed by atoms with E-state index in [0.29, 0.717) is 37.7 Å². The summed E-state index contributed by atoms with van der Waals surface area (Å²) in [5.74, 6) is 0.724. The summed E-state index contributed by atoms with van der Waals surface area (Å²) >= 11 is 0. The van der Waals surface area contributed by atoms with Crippen molar-refractivity contribution in [3.63, 3.8) is 0 Å². The van der Waals surface area contributed by atoms with Gasteiger partial charge in [-0.15, -0.1) is 0 Å². The number of carbonyl (C=O) groups excluding carboxylic acids is 1. The average Bonchev–Trinajstić information content (AvgIpc) is 2.61. The fourth-order valence-electron chi connectivity index (χ4n) is 2.82. The van der Waals surface area contributed by atoms with Crippen molar-refractivity contribution in [2.45, 2.75) is 32.1 Å². The summed E-state index contributed by atoms with van der Waals surface area (Å²) in [4.78, 5) is 18.2. The molecule has 1 heterocycles. The molecule has 0 atom stereocenters. The maximum absolute atomic E-state index is 12.2. The molecule has 0 aliphatic carbocycles. The molecule has 1 aromatic rings. The second kappa shape index (κ2) is 8.07. The summed E-state index contributed by atoms with van der Waals surface area (Å²) in [5, 5.41) is 5.84. The molecule has 1 aromatic carbocycles. The van der Waals surface area contributed by atoms with Crippen molar-refractivity contribution < 1.29 is 13.2 Å². The normalized spacial score (nSPS) is 19.1. The lowest BCUT2D eigenvalue weighted by Crippen LogP contribution is -2.57. The highest BCUT2D eigenvalue weighted by molar-refractivity contribution is 7.92. The fraction of sp³-hybridized carbons (Fsp3) is 0.556. The monoisotopic (exact) mass is 380 g/mol. The first-order valence-corrected chi connectivity index (χ1v) is 10.4. The quantitative estimate of drug-likeness (QED) is 0.601. The summed E-state index contributed by atoms with van der Waals surface area (Å²) in [6.45, 7) is 7.52. The van der Waals surface area contributed by atoms with Crippen molar-refractivity contribution >= 4 is 21.7 Å². The van der Waals surface area contributed by atoms with Crippen molar-refractivity contribution in [1.82, 2.24) is 15.5 Å². The van der Waals surface area contributed by atoms with Gasteiger partial charge in [-0.25, -0.2) is 13.4 Å². The SMILES string of the molecule is CCNC(=NCc1ccc(C(=O)NC)cc1)N1CCS(=O)(=O)C(C)(C)C1. The predicted molar refractivity (Wildman–Crippen MR) is 104 cm³/mol. The van der Waals surface area contributed by atoms with Crippen molar-refractivity contribution in [1.29, 1.82) is 0 Å². The number of hydrogen-bond donors (Lipinski definition) is 2. The Morgan fingerprint density at radius 3 is 2.46 bits per heavy atom. The standard InChI is InChI=1S/C18H28N4O3S/c1-5-20-17(22-10-11-26(24,25)18(2,3)13-22)21-12-14-6-8-15(9-7-14)16(23)19-4/h6-9H,5,10-13H2,1-4H3,(H,19,23)(H,20,21). The van der Waals surface area contributed by atoms with Gasteiger partial charge < -0.3 is 15.5 Å². The first-order chi connectivity index (χ1) is 12.2. The van der Waals surface area contributed by atoms with Crippen LogP contribution in [0.5, 0.6) is 0 Å². The minimum Gasteiger partial charge on any atom is -0.357 e. The first kappa shape index (κ1) is 20.2. The first-order valence-electron chi connectivity index (χ1n) is 8.77. The van der Waals surface area contributed by atoms with Gasteiger partial charge in [-0.2, -0.15) is 0 Å². The van der Waals surface area contributed by atoms with Crippen LogP contribution in [0.2, 0.25) is 0 Å². The molecule has 26 heavy (non-hydrogen) atoms. The molecule has 144 valence electrons. The zero-order valence-corrected chi connectivity index (χ0v) is 16.7. The van der Waals surface area contributed by atoms with Gasteiger partial charge in [-0.05, 0) is 38.5 Å². The van der Waals surface area contributed by atoms with Gasteiger partial charge in [0.15, 0.2) is 15.8 Å². The lowest BCUT2D eigenvalue weighted by molar-refractivity contribution is 0.0963. The van der Waals surface area contributed by atoms with Crippen LogP contribution in [0, 0.1) is 0 Å². The zero-order valence-electron chi connectivity index (χ0n) is 15.9. The lowest BCUT2D eigenvalue weighted by atomic mass is 10.1. The van der Waals surface area contributed by atoms with Crippen molar-refractivity contribution in [3.05, 3.63) is 35.4 Å². The van der Waals surface area contributed by atoms with Crippen molar-refractivity contribution in [3.8, 4) is 0 Å². The smallest absolute Gasteiger partial charge is 0.251 e. The van der Waals surface area contributed by atoms with E-state index >= 15 is 0 Å². The molecule has 1 fully saturated rings. The Labute approximate surface area is 155 Å². The van der Waals surface area contributed by atoms with Crippen LogP contribution in [-0.4, -0.2) is 62.4 Å². The third-order valence-electron chi connectivity index (χ3n) is 4.53. The summed E-state index contributed by atoms with van der Waals surface area (Å²) < 4.78 is 23.6. The Morgan fingerprint density at radius 2 is 1.92 bits per heavy atom. The molecule has 0 aromatic heterocycles. The maximum Gasteiger partial charge on any atom is 0.251 e. The van der Waals surface area contributed by atoms with Crippen LogP contribution in [0.1, 0.15) is 36.7 Å². The fourth-order valence-corrected chi connectivity index (χ4v) is 4.19. The van der Waals surface area contributed by atoms with Gasteiger partial charge in [0.25, 0.3) is 5.91 Å². The largest absolute Gasteiger partial charge is 0.357 e. The van der Waals surface area contributed by atoms with Gasteiger partial charge in [0, 0.05) is 32.2 Å². The lowest BCUT2D eigenvalue weighted by Gasteiger charge is -2.39. The topological polar surface area (TPSA) is 90.9 Å². The molecule has 1 saturated heterocycles. The Morgan fingerprint density at radius 1 is 1.27 bits per heavy atom. The van der Waals surface area contributed by atoms with Crippen LogP contribution >= 0.6 is 0 Å². The van der Waals surface area contributed by atoms with E-state index < -0.39 is 14.6 Å². The number of nitrogens with one attached hydrogen (secondary N) is 2. The number of rotatable bonds is 4. The number of nitrogens with zero attached hydrogens (tertiary/aromatic N) is 2. The molecular formula is C18H28N4O3S. The van der Waals surface area contributed by atoms with Crippen LogP contribution in [0.3, 0.4) is 0 Å². The molecule has 7 nitrogen and oxygen atoms in total. The number of carbonyl (C=O) groups is 1. The Kier molecular flexibility index (Phi) is 6.28. The molecule has 0 saturated carbocycles. The number of aliphatic imine (C=N–C) groups is 1. The Balaban J connectivity index is 2.13. The molecule has 1 amide bonds. The van der Waals surface area contributed by atoms with Crippen LogP contribution in [0.25, 0.3) is 0 Å². The van der Waals surface area contributed by atoms with Gasteiger partial charge in [0.05, 0.1) is 17.0 Å². The molecule has 2 rings (SSSR count).